The van der Waals surface area contributed by atoms with E-state index in [1.165, 1.54) is 19.3 Å². The van der Waals surface area contributed by atoms with Crippen LogP contribution in [0.3, 0.4) is 0 Å². The van der Waals surface area contributed by atoms with E-state index >= 15 is 0 Å². The van der Waals surface area contributed by atoms with E-state index in [4.69, 9.17) is 14.2 Å². The van der Waals surface area contributed by atoms with Gasteiger partial charge in [-0.25, -0.2) is 0 Å². The van der Waals surface area contributed by atoms with Crippen LogP contribution in [0.4, 0.5) is 0 Å². The lowest BCUT2D eigenvalue weighted by molar-refractivity contribution is 0.175. The van der Waals surface area contributed by atoms with Crippen LogP contribution in [0.5, 0.6) is 0 Å². The molecule has 0 bridgehead atoms. The lowest BCUT2D eigenvalue weighted by Gasteiger charge is -2.26. The molecule has 5 atom stereocenters. The number of hydrogen-bond donors (Lipinski definition) is 0. The second-order valence-corrected chi connectivity index (χ2v) is 5.46. The third kappa shape index (κ3) is 0.930. The molecule has 0 radical (unpaired) electrons. The van der Waals surface area contributed by atoms with Gasteiger partial charge in [0.1, 0.15) is 11.7 Å². The molecule has 0 amide bonds. The number of ether oxygens (including phenoxy) is 3. The first-order valence-electron chi connectivity index (χ1n) is 5.66. The minimum atomic E-state index is 0.155. The first-order valence-corrected chi connectivity index (χ1v) is 5.66. The van der Waals surface area contributed by atoms with Crippen LogP contribution in [0, 0.1) is 5.92 Å². The SMILES string of the molecule is CC1(C2CCC3(C4CO4)OC3C2)CO1. The minimum absolute atomic E-state index is 0.155. The molecule has 0 aromatic rings. The van der Waals surface area contributed by atoms with Gasteiger partial charge in [-0.15, -0.1) is 0 Å². The topological polar surface area (TPSA) is 37.6 Å². The van der Waals surface area contributed by atoms with Gasteiger partial charge >= 0.3 is 0 Å². The van der Waals surface area contributed by atoms with Gasteiger partial charge in [0.15, 0.2) is 0 Å². The fourth-order valence-electron chi connectivity index (χ4n) is 3.15. The highest BCUT2D eigenvalue weighted by Crippen LogP contribution is 2.58. The maximum absolute atomic E-state index is 5.86. The maximum atomic E-state index is 5.86. The zero-order valence-corrected chi connectivity index (χ0v) is 8.49. The summed E-state index contributed by atoms with van der Waals surface area (Å²) in [6.45, 7) is 4.12. The van der Waals surface area contributed by atoms with Gasteiger partial charge in [0.05, 0.1) is 24.9 Å². The summed E-state index contributed by atoms with van der Waals surface area (Å²) in [4.78, 5) is 0. The molecule has 3 heterocycles. The molecule has 0 spiro atoms. The van der Waals surface area contributed by atoms with Crippen molar-refractivity contribution in [3.05, 3.63) is 0 Å². The van der Waals surface area contributed by atoms with Crippen molar-refractivity contribution in [2.24, 2.45) is 5.92 Å². The second-order valence-electron chi connectivity index (χ2n) is 5.46. The molecule has 5 unspecified atom stereocenters. The Morgan fingerprint density at radius 1 is 1.29 bits per heavy atom. The Labute approximate surface area is 83.7 Å². The summed E-state index contributed by atoms with van der Waals surface area (Å²) < 4.78 is 16.8. The zero-order chi connectivity index (χ0) is 9.39. The molecular formula is C11H16O3. The Hall–Kier alpha value is -0.120. The molecular weight excluding hydrogens is 180 g/mol. The molecule has 3 aliphatic heterocycles. The fraction of sp³-hybridized carbons (Fsp3) is 1.00. The molecule has 4 fully saturated rings. The molecule has 3 saturated heterocycles. The number of rotatable bonds is 2. The lowest BCUT2D eigenvalue weighted by Crippen LogP contribution is -2.34. The zero-order valence-electron chi connectivity index (χ0n) is 8.49. The van der Waals surface area contributed by atoms with Gasteiger partial charge in [-0.2, -0.15) is 0 Å². The lowest BCUT2D eigenvalue weighted by atomic mass is 9.75. The first-order chi connectivity index (χ1) is 6.73. The number of hydrogen-bond acceptors (Lipinski definition) is 3. The number of epoxide rings is 3. The highest BCUT2D eigenvalue weighted by atomic mass is 16.7. The van der Waals surface area contributed by atoms with E-state index in [2.05, 4.69) is 6.92 Å². The standard InChI is InChI=1S/C11H16O3/c1-10(6-13-10)7-2-3-11(9-5-12-9)8(4-7)14-11/h7-9H,2-6H2,1H3. The molecule has 1 aliphatic carbocycles. The van der Waals surface area contributed by atoms with Crippen LogP contribution in [-0.4, -0.2) is 36.6 Å². The van der Waals surface area contributed by atoms with E-state index < -0.39 is 0 Å². The van der Waals surface area contributed by atoms with Gasteiger partial charge in [0, 0.05) is 0 Å². The van der Waals surface area contributed by atoms with Crippen LogP contribution in [0.1, 0.15) is 26.2 Å². The molecule has 4 rings (SSSR count). The molecule has 3 heteroatoms. The third-order valence-corrected chi connectivity index (χ3v) is 4.57. The van der Waals surface area contributed by atoms with E-state index in [0.29, 0.717) is 12.2 Å². The van der Waals surface area contributed by atoms with Crippen LogP contribution in [0.2, 0.25) is 0 Å². The van der Waals surface area contributed by atoms with E-state index in [1.807, 2.05) is 0 Å². The van der Waals surface area contributed by atoms with Crippen LogP contribution < -0.4 is 0 Å². The van der Waals surface area contributed by atoms with Crippen molar-refractivity contribution in [1.82, 2.24) is 0 Å². The normalized spacial score (nSPS) is 64.5. The molecule has 14 heavy (non-hydrogen) atoms. The van der Waals surface area contributed by atoms with Crippen LogP contribution >= 0.6 is 0 Å². The van der Waals surface area contributed by atoms with Gasteiger partial charge in [0.2, 0.25) is 0 Å². The van der Waals surface area contributed by atoms with Crippen LogP contribution in [0.15, 0.2) is 0 Å². The van der Waals surface area contributed by atoms with Gasteiger partial charge in [0.25, 0.3) is 0 Å². The van der Waals surface area contributed by atoms with E-state index in [9.17, 15) is 0 Å². The largest absolute Gasteiger partial charge is 0.370 e. The maximum Gasteiger partial charge on any atom is 0.123 e. The van der Waals surface area contributed by atoms with Crippen LogP contribution in [-0.2, 0) is 14.2 Å². The average Bonchev–Trinajstić information content (AvgIpc) is 3.02. The fourth-order valence-corrected chi connectivity index (χ4v) is 3.15. The summed E-state index contributed by atoms with van der Waals surface area (Å²) in [5.74, 6) is 0.724. The van der Waals surface area contributed by atoms with Crippen molar-refractivity contribution in [2.75, 3.05) is 13.2 Å². The van der Waals surface area contributed by atoms with Crippen molar-refractivity contribution in [2.45, 2.75) is 49.6 Å². The first kappa shape index (κ1) is 8.08. The Bertz CT molecular complexity index is 282. The summed E-state index contributed by atoms with van der Waals surface area (Å²) in [5.41, 5.74) is 0.351. The van der Waals surface area contributed by atoms with Crippen molar-refractivity contribution in [3.63, 3.8) is 0 Å². The van der Waals surface area contributed by atoms with Crippen molar-refractivity contribution < 1.29 is 14.2 Å². The predicted molar refractivity (Wildman–Crippen MR) is 49.0 cm³/mol. The molecule has 4 aliphatic rings. The quantitative estimate of drug-likeness (QED) is 0.621. The van der Waals surface area contributed by atoms with Crippen molar-refractivity contribution in [3.8, 4) is 0 Å². The Morgan fingerprint density at radius 2 is 2.07 bits per heavy atom. The molecule has 0 aromatic heterocycles. The molecule has 0 N–H and O–H groups in total. The van der Waals surface area contributed by atoms with E-state index in [0.717, 1.165) is 19.1 Å². The van der Waals surface area contributed by atoms with Gasteiger partial charge < -0.3 is 14.2 Å². The summed E-state index contributed by atoms with van der Waals surface area (Å²) >= 11 is 0. The van der Waals surface area contributed by atoms with Crippen LogP contribution in [0.25, 0.3) is 0 Å². The van der Waals surface area contributed by atoms with Gasteiger partial charge in [-0.05, 0) is 32.1 Å². The minimum Gasteiger partial charge on any atom is -0.370 e. The van der Waals surface area contributed by atoms with Gasteiger partial charge in [-0.3, -0.25) is 0 Å². The summed E-state index contributed by atoms with van der Waals surface area (Å²) in [6.07, 6.45) is 4.55. The Balaban J connectivity index is 1.49. The van der Waals surface area contributed by atoms with Gasteiger partial charge in [-0.1, -0.05) is 0 Å². The second kappa shape index (κ2) is 2.18. The van der Waals surface area contributed by atoms with E-state index in [-0.39, 0.29) is 11.2 Å². The van der Waals surface area contributed by atoms with E-state index in [1.54, 1.807) is 0 Å². The predicted octanol–water partition coefficient (Wildman–Crippen LogP) is 1.11. The highest BCUT2D eigenvalue weighted by Gasteiger charge is 2.69. The summed E-state index contributed by atoms with van der Waals surface area (Å²) in [6, 6.07) is 0. The molecule has 1 saturated carbocycles. The summed E-state index contributed by atoms with van der Waals surface area (Å²) in [5, 5.41) is 0. The van der Waals surface area contributed by atoms with Crippen molar-refractivity contribution >= 4 is 0 Å². The highest BCUT2D eigenvalue weighted by molar-refractivity contribution is 5.17. The van der Waals surface area contributed by atoms with Crippen molar-refractivity contribution in [1.29, 1.82) is 0 Å². The Morgan fingerprint density at radius 3 is 2.64 bits per heavy atom. The average molecular weight is 196 g/mol. The molecule has 0 aromatic carbocycles. The Kier molecular flexibility index (Phi) is 1.26. The number of fused-ring (bicyclic) bond motifs is 1. The molecule has 78 valence electrons. The monoisotopic (exact) mass is 196 g/mol. The summed E-state index contributed by atoms with van der Waals surface area (Å²) in [7, 11) is 0. The third-order valence-electron chi connectivity index (χ3n) is 4.57. The smallest absolute Gasteiger partial charge is 0.123 e. The molecule has 3 nitrogen and oxygen atoms in total.